The SMILES string of the molecule is CC(C)N1CCN(c2ccc(NC(=O)c3cccc(-n4cccc4)c3)cc2)CC1. The van der Waals surface area contributed by atoms with Gasteiger partial charge in [-0.1, -0.05) is 6.07 Å². The first-order chi connectivity index (χ1) is 14.1. The van der Waals surface area contributed by atoms with Crippen LogP contribution >= 0.6 is 0 Å². The zero-order chi connectivity index (χ0) is 20.2. The number of benzene rings is 2. The Morgan fingerprint density at radius 1 is 0.862 bits per heavy atom. The van der Waals surface area contributed by atoms with Crippen molar-refractivity contribution in [3.63, 3.8) is 0 Å². The predicted molar refractivity (Wildman–Crippen MR) is 119 cm³/mol. The number of rotatable bonds is 5. The molecule has 1 aliphatic heterocycles. The molecule has 0 radical (unpaired) electrons. The van der Waals surface area contributed by atoms with E-state index in [-0.39, 0.29) is 5.91 Å². The predicted octanol–water partition coefficient (Wildman–Crippen LogP) is 4.26. The van der Waals surface area contributed by atoms with Crippen LogP contribution in [0.25, 0.3) is 5.69 Å². The average Bonchev–Trinajstić information content (AvgIpc) is 3.29. The van der Waals surface area contributed by atoms with Gasteiger partial charge >= 0.3 is 0 Å². The molecule has 1 aliphatic rings. The standard InChI is InChI=1S/C24H28N4O/c1-19(2)26-14-16-28(17-15-26)22-10-8-21(9-11-22)25-24(29)20-6-5-7-23(18-20)27-12-3-4-13-27/h3-13,18-19H,14-17H2,1-2H3,(H,25,29). The molecular weight excluding hydrogens is 360 g/mol. The zero-order valence-electron chi connectivity index (χ0n) is 17.1. The van der Waals surface area contributed by atoms with Crippen LogP contribution in [0.5, 0.6) is 0 Å². The van der Waals surface area contributed by atoms with E-state index in [4.69, 9.17) is 0 Å². The highest BCUT2D eigenvalue weighted by Gasteiger charge is 2.19. The van der Waals surface area contributed by atoms with Gasteiger partial charge in [0, 0.05) is 67.2 Å². The molecule has 1 fully saturated rings. The van der Waals surface area contributed by atoms with Gasteiger partial charge in [0.15, 0.2) is 0 Å². The van der Waals surface area contributed by atoms with Crippen molar-refractivity contribution in [2.24, 2.45) is 0 Å². The van der Waals surface area contributed by atoms with Gasteiger partial charge in [0.2, 0.25) is 0 Å². The van der Waals surface area contributed by atoms with Crippen molar-refractivity contribution < 1.29 is 4.79 Å². The van der Waals surface area contributed by atoms with E-state index in [0.29, 0.717) is 11.6 Å². The molecular formula is C24H28N4O. The van der Waals surface area contributed by atoms with E-state index in [9.17, 15) is 4.79 Å². The lowest BCUT2D eigenvalue weighted by molar-refractivity contribution is 0.102. The van der Waals surface area contributed by atoms with Crippen molar-refractivity contribution in [3.05, 3.63) is 78.6 Å². The van der Waals surface area contributed by atoms with Gasteiger partial charge in [-0.25, -0.2) is 0 Å². The Bertz CT molecular complexity index is 939. The van der Waals surface area contributed by atoms with Crippen molar-refractivity contribution in [2.75, 3.05) is 36.4 Å². The summed E-state index contributed by atoms with van der Waals surface area (Å²) in [5.74, 6) is -0.0997. The summed E-state index contributed by atoms with van der Waals surface area (Å²) < 4.78 is 1.99. The normalized spacial score (nSPS) is 14.9. The fraction of sp³-hybridized carbons (Fsp3) is 0.292. The number of hydrogen-bond acceptors (Lipinski definition) is 3. The number of amides is 1. The van der Waals surface area contributed by atoms with Crippen molar-refractivity contribution in [2.45, 2.75) is 19.9 Å². The Kier molecular flexibility index (Phi) is 5.67. The molecule has 1 saturated heterocycles. The quantitative estimate of drug-likeness (QED) is 0.710. The summed E-state index contributed by atoms with van der Waals surface area (Å²) in [4.78, 5) is 17.6. The molecule has 0 saturated carbocycles. The zero-order valence-corrected chi connectivity index (χ0v) is 17.1. The van der Waals surface area contributed by atoms with E-state index in [2.05, 4.69) is 41.1 Å². The number of carbonyl (C=O) groups is 1. The van der Waals surface area contributed by atoms with Crippen LogP contribution in [0.2, 0.25) is 0 Å². The average molecular weight is 389 g/mol. The van der Waals surface area contributed by atoms with E-state index in [1.807, 2.05) is 65.5 Å². The van der Waals surface area contributed by atoms with Crippen LogP contribution in [-0.2, 0) is 0 Å². The summed E-state index contributed by atoms with van der Waals surface area (Å²) in [6, 6.07) is 20.3. The fourth-order valence-corrected chi connectivity index (χ4v) is 3.77. The minimum Gasteiger partial charge on any atom is -0.369 e. The van der Waals surface area contributed by atoms with Gasteiger partial charge in [-0.3, -0.25) is 9.69 Å². The molecule has 29 heavy (non-hydrogen) atoms. The van der Waals surface area contributed by atoms with Crippen molar-refractivity contribution in [3.8, 4) is 5.69 Å². The Morgan fingerprint density at radius 2 is 1.55 bits per heavy atom. The first-order valence-corrected chi connectivity index (χ1v) is 10.2. The summed E-state index contributed by atoms with van der Waals surface area (Å²) in [5, 5.41) is 3.01. The maximum absolute atomic E-state index is 12.7. The Balaban J connectivity index is 1.39. The first-order valence-electron chi connectivity index (χ1n) is 10.2. The Hall–Kier alpha value is -3.05. The number of anilines is 2. The molecule has 0 bridgehead atoms. The van der Waals surface area contributed by atoms with Gasteiger partial charge in [0.1, 0.15) is 0 Å². The molecule has 1 N–H and O–H groups in total. The van der Waals surface area contributed by atoms with E-state index in [1.54, 1.807) is 0 Å². The number of carbonyl (C=O) groups excluding carboxylic acids is 1. The van der Waals surface area contributed by atoms with Gasteiger partial charge in [-0.15, -0.1) is 0 Å². The number of aromatic nitrogens is 1. The molecule has 0 aliphatic carbocycles. The highest BCUT2D eigenvalue weighted by atomic mass is 16.1. The first kappa shape index (κ1) is 19.3. The maximum Gasteiger partial charge on any atom is 0.255 e. The van der Waals surface area contributed by atoms with E-state index in [1.165, 1.54) is 5.69 Å². The molecule has 4 rings (SSSR count). The summed E-state index contributed by atoms with van der Waals surface area (Å²) in [5.41, 5.74) is 3.63. The summed E-state index contributed by atoms with van der Waals surface area (Å²) in [7, 11) is 0. The molecule has 1 aromatic heterocycles. The molecule has 3 aromatic rings. The summed E-state index contributed by atoms with van der Waals surface area (Å²) in [6.45, 7) is 8.76. The molecule has 0 atom stereocenters. The van der Waals surface area contributed by atoms with E-state index in [0.717, 1.165) is 37.6 Å². The van der Waals surface area contributed by atoms with Crippen LogP contribution in [0.3, 0.4) is 0 Å². The highest BCUT2D eigenvalue weighted by Crippen LogP contribution is 2.21. The Morgan fingerprint density at radius 3 is 2.21 bits per heavy atom. The molecule has 0 unspecified atom stereocenters. The molecule has 5 heteroatoms. The van der Waals surface area contributed by atoms with Gasteiger partial charge in [-0.2, -0.15) is 0 Å². The molecule has 2 aromatic carbocycles. The second kappa shape index (κ2) is 8.53. The second-order valence-corrected chi connectivity index (χ2v) is 7.76. The Labute approximate surface area is 172 Å². The third-order valence-electron chi connectivity index (χ3n) is 5.55. The van der Waals surface area contributed by atoms with Crippen molar-refractivity contribution in [1.82, 2.24) is 9.47 Å². The number of nitrogens with zero attached hydrogens (tertiary/aromatic N) is 3. The lowest BCUT2D eigenvalue weighted by Gasteiger charge is -2.38. The lowest BCUT2D eigenvalue weighted by atomic mass is 10.1. The minimum atomic E-state index is -0.0997. The van der Waals surface area contributed by atoms with Crippen LogP contribution in [0.4, 0.5) is 11.4 Å². The van der Waals surface area contributed by atoms with Gasteiger partial charge in [0.05, 0.1) is 0 Å². The van der Waals surface area contributed by atoms with E-state index < -0.39 is 0 Å². The van der Waals surface area contributed by atoms with Crippen LogP contribution in [0, 0.1) is 0 Å². The minimum absolute atomic E-state index is 0.0997. The highest BCUT2D eigenvalue weighted by molar-refractivity contribution is 6.04. The molecule has 1 amide bonds. The summed E-state index contributed by atoms with van der Waals surface area (Å²) in [6.07, 6.45) is 3.94. The fourth-order valence-electron chi connectivity index (χ4n) is 3.77. The number of piperazine rings is 1. The monoisotopic (exact) mass is 388 g/mol. The number of nitrogens with one attached hydrogen (secondary N) is 1. The van der Waals surface area contributed by atoms with Crippen LogP contribution in [0.1, 0.15) is 24.2 Å². The summed E-state index contributed by atoms with van der Waals surface area (Å²) >= 11 is 0. The maximum atomic E-state index is 12.7. The van der Waals surface area contributed by atoms with Crippen molar-refractivity contribution in [1.29, 1.82) is 0 Å². The van der Waals surface area contributed by atoms with Crippen molar-refractivity contribution >= 4 is 17.3 Å². The van der Waals surface area contributed by atoms with Gasteiger partial charge in [-0.05, 0) is 68.4 Å². The lowest BCUT2D eigenvalue weighted by Crippen LogP contribution is -2.48. The molecule has 2 heterocycles. The molecule has 150 valence electrons. The second-order valence-electron chi connectivity index (χ2n) is 7.76. The van der Waals surface area contributed by atoms with Crippen LogP contribution in [-0.4, -0.2) is 47.6 Å². The third-order valence-corrected chi connectivity index (χ3v) is 5.55. The van der Waals surface area contributed by atoms with Gasteiger partial charge < -0.3 is 14.8 Å². The molecule has 5 nitrogen and oxygen atoms in total. The smallest absolute Gasteiger partial charge is 0.255 e. The van der Waals surface area contributed by atoms with Crippen LogP contribution in [0.15, 0.2) is 73.1 Å². The topological polar surface area (TPSA) is 40.5 Å². The van der Waals surface area contributed by atoms with Gasteiger partial charge in [0.25, 0.3) is 5.91 Å². The third kappa shape index (κ3) is 4.51. The molecule has 0 spiro atoms. The largest absolute Gasteiger partial charge is 0.369 e. The van der Waals surface area contributed by atoms with E-state index >= 15 is 0 Å². The van der Waals surface area contributed by atoms with Crippen LogP contribution < -0.4 is 10.2 Å². The number of hydrogen-bond donors (Lipinski definition) is 1.